The zero-order valence-electron chi connectivity index (χ0n) is 14.3. The van der Waals surface area contributed by atoms with Gasteiger partial charge < -0.3 is 24.0 Å². The second-order valence-corrected chi connectivity index (χ2v) is 6.74. The zero-order chi connectivity index (χ0) is 17.4. The number of benzene rings is 1. The van der Waals surface area contributed by atoms with E-state index in [0.717, 1.165) is 6.42 Å². The van der Waals surface area contributed by atoms with Gasteiger partial charge in [-0.05, 0) is 24.6 Å². The van der Waals surface area contributed by atoms with Gasteiger partial charge in [0.2, 0.25) is 12.7 Å². The lowest BCUT2D eigenvalue weighted by atomic mass is 9.93. The molecule has 0 spiro atoms. The first-order valence-corrected chi connectivity index (χ1v) is 8.68. The van der Waals surface area contributed by atoms with Crippen molar-refractivity contribution in [3.8, 4) is 11.5 Å². The van der Waals surface area contributed by atoms with Crippen molar-refractivity contribution in [2.45, 2.75) is 19.4 Å². The predicted octanol–water partition coefficient (Wildman–Crippen LogP) is 1.12. The highest BCUT2D eigenvalue weighted by Gasteiger charge is 2.36. The summed E-state index contributed by atoms with van der Waals surface area (Å²) in [4.78, 5) is 28.2. The van der Waals surface area contributed by atoms with Crippen LogP contribution in [0.1, 0.15) is 23.7 Å². The Kier molecular flexibility index (Phi) is 4.25. The zero-order valence-corrected chi connectivity index (χ0v) is 14.3. The van der Waals surface area contributed by atoms with Crippen LogP contribution in [0, 0.1) is 5.92 Å². The Bertz CT molecular complexity index is 692. The summed E-state index contributed by atoms with van der Waals surface area (Å²) < 4.78 is 16.6. The van der Waals surface area contributed by atoms with Crippen LogP contribution in [-0.2, 0) is 9.53 Å². The van der Waals surface area contributed by atoms with Crippen molar-refractivity contribution in [1.29, 1.82) is 0 Å². The molecule has 0 radical (unpaired) electrons. The van der Waals surface area contributed by atoms with Crippen molar-refractivity contribution in [2.24, 2.45) is 5.92 Å². The third-order valence-electron chi connectivity index (χ3n) is 5.20. The van der Waals surface area contributed by atoms with Gasteiger partial charge in [0.1, 0.15) is 0 Å². The lowest BCUT2D eigenvalue weighted by Gasteiger charge is -2.38. The summed E-state index contributed by atoms with van der Waals surface area (Å²) in [5, 5.41) is 0. The molecular weight excluding hydrogens is 324 g/mol. The van der Waals surface area contributed by atoms with Gasteiger partial charge in [-0.25, -0.2) is 0 Å². The molecule has 4 rings (SSSR count). The maximum Gasteiger partial charge on any atom is 0.254 e. The summed E-state index contributed by atoms with van der Waals surface area (Å²) in [5.41, 5.74) is 0.599. The number of hydrogen-bond acceptors (Lipinski definition) is 5. The minimum Gasteiger partial charge on any atom is -0.454 e. The van der Waals surface area contributed by atoms with Gasteiger partial charge in [0.25, 0.3) is 5.91 Å². The van der Waals surface area contributed by atoms with Gasteiger partial charge in [0.05, 0.1) is 12.7 Å². The van der Waals surface area contributed by atoms with E-state index in [0.29, 0.717) is 49.8 Å². The lowest BCUT2D eigenvalue weighted by molar-refractivity contribution is -0.129. The molecule has 2 atom stereocenters. The molecule has 7 nitrogen and oxygen atoms in total. The van der Waals surface area contributed by atoms with E-state index in [4.69, 9.17) is 14.2 Å². The molecule has 0 saturated carbocycles. The summed E-state index contributed by atoms with van der Waals surface area (Å²) in [6.07, 6.45) is 0.820. The number of amides is 2. The van der Waals surface area contributed by atoms with Gasteiger partial charge in [-0.15, -0.1) is 0 Å². The molecule has 2 fully saturated rings. The Morgan fingerprint density at radius 2 is 1.92 bits per heavy atom. The first-order chi connectivity index (χ1) is 12.1. The Balaban J connectivity index is 1.45. The van der Waals surface area contributed by atoms with Crippen LogP contribution in [0.25, 0.3) is 0 Å². The number of carbonyl (C=O) groups is 2. The highest BCUT2D eigenvalue weighted by atomic mass is 16.7. The van der Waals surface area contributed by atoms with Crippen LogP contribution in [-0.4, -0.2) is 67.3 Å². The summed E-state index contributed by atoms with van der Waals surface area (Å²) in [6.45, 7) is 4.88. The maximum absolute atomic E-state index is 12.8. The molecule has 1 aromatic rings. The summed E-state index contributed by atoms with van der Waals surface area (Å²) in [6, 6.07) is 5.28. The Morgan fingerprint density at radius 1 is 1.08 bits per heavy atom. The van der Waals surface area contributed by atoms with E-state index in [-0.39, 0.29) is 30.6 Å². The van der Waals surface area contributed by atoms with Gasteiger partial charge in [-0.3, -0.25) is 9.59 Å². The van der Waals surface area contributed by atoms with Crippen molar-refractivity contribution in [2.75, 3.05) is 39.6 Å². The quantitative estimate of drug-likeness (QED) is 0.762. The molecule has 3 aliphatic rings. The van der Waals surface area contributed by atoms with Gasteiger partial charge in [0, 0.05) is 44.6 Å². The molecule has 0 aliphatic carbocycles. The summed E-state index contributed by atoms with van der Waals surface area (Å²) >= 11 is 0. The topological polar surface area (TPSA) is 68.3 Å². The van der Waals surface area contributed by atoms with Gasteiger partial charge in [0.15, 0.2) is 11.5 Å². The van der Waals surface area contributed by atoms with Crippen LogP contribution < -0.4 is 9.47 Å². The van der Waals surface area contributed by atoms with Gasteiger partial charge in [-0.2, -0.15) is 0 Å². The van der Waals surface area contributed by atoms with Crippen LogP contribution in [0.4, 0.5) is 0 Å². The molecule has 0 unspecified atom stereocenters. The van der Waals surface area contributed by atoms with Crippen molar-refractivity contribution in [3.05, 3.63) is 23.8 Å². The maximum atomic E-state index is 12.8. The largest absolute Gasteiger partial charge is 0.454 e. The third-order valence-corrected chi connectivity index (χ3v) is 5.20. The van der Waals surface area contributed by atoms with E-state index in [1.807, 2.05) is 9.80 Å². The highest BCUT2D eigenvalue weighted by molar-refractivity contribution is 5.95. The molecule has 3 aliphatic heterocycles. The molecule has 0 aromatic heterocycles. The molecular formula is C18H22N2O5. The van der Waals surface area contributed by atoms with Crippen LogP contribution in [0.5, 0.6) is 11.5 Å². The molecule has 2 amide bonds. The fourth-order valence-electron chi connectivity index (χ4n) is 3.73. The average Bonchev–Trinajstić information content (AvgIpc) is 2.97. The average molecular weight is 346 g/mol. The predicted molar refractivity (Wildman–Crippen MR) is 88.6 cm³/mol. The van der Waals surface area contributed by atoms with Crippen LogP contribution in [0.15, 0.2) is 18.2 Å². The number of hydrogen-bond donors (Lipinski definition) is 0. The molecule has 25 heavy (non-hydrogen) atoms. The van der Waals surface area contributed by atoms with E-state index in [2.05, 4.69) is 0 Å². The highest BCUT2D eigenvalue weighted by Crippen LogP contribution is 2.33. The van der Waals surface area contributed by atoms with Crippen LogP contribution in [0.2, 0.25) is 0 Å². The Morgan fingerprint density at radius 3 is 2.76 bits per heavy atom. The summed E-state index contributed by atoms with van der Waals surface area (Å²) in [5.74, 6) is 1.64. The molecule has 1 aromatic carbocycles. The second-order valence-electron chi connectivity index (χ2n) is 6.74. The minimum absolute atomic E-state index is 0.0175. The van der Waals surface area contributed by atoms with Gasteiger partial charge >= 0.3 is 0 Å². The molecule has 134 valence electrons. The number of piperidine rings is 1. The SMILES string of the molecule is CC(=O)N1CCO[C@H]2CN(C(=O)c3ccc4c(c3)OCO4)CC[C@H]2C1. The number of likely N-dealkylation sites (tertiary alicyclic amines) is 1. The van der Waals surface area contributed by atoms with E-state index in [1.54, 1.807) is 25.1 Å². The number of carbonyl (C=O) groups excluding carboxylic acids is 2. The van der Waals surface area contributed by atoms with E-state index < -0.39 is 0 Å². The Labute approximate surface area is 146 Å². The fourth-order valence-corrected chi connectivity index (χ4v) is 3.73. The second kappa shape index (κ2) is 6.55. The van der Waals surface area contributed by atoms with E-state index >= 15 is 0 Å². The lowest BCUT2D eigenvalue weighted by Crippen LogP contribution is -2.49. The molecule has 0 N–H and O–H groups in total. The van der Waals surface area contributed by atoms with Crippen molar-refractivity contribution < 1.29 is 23.8 Å². The van der Waals surface area contributed by atoms with Crippen LogP contribution in [0.3, 0.4) is 0 Å². The van der Waals surface area contributed by atoms with E-state index in [1.165, 1.54) is 0 Å². The summed E-state index contributed by atoms with van der Waals surface area (Å²) in [7, 11) is 0. The Hall–Kier alpha value is -2.28. The number of fused-ring (bicyclic) bond motifs is 2. The minimum atomic E-state index is -0.0204. The first kappa shape index (κ1) is 16.2. The van der Waals surface area contributed by atoms with Crippen molar-refractivity contribution in [1.82, 2.24) is 9.80 Å². The first-order valence-electron chi connectivity index (χ1n) is 8.68. The normalized spacial score (nSPS) is 25.3. The number of rotatable bonds is 1. The molecule has 7 heteroatoms. The van der Waals surface area contributed by atoms with Crippen molar-refractivity contribution in [3.63, 3.8) is 0 Å². The monoisotopic (exact) mass is 346 g/mol. The number of nitrogens with zero attached hydrogens (tertiary/aromatic N) is 2. The molecule has 2 saturated heterocycles. The van der Waals surface area contributed by atoms with Gasteiger partial charge in [-0.1, -0.05) is 0 Å². The molecule has 3 heterocycles. The standard InChI is InChI=1S/C18H22N2O5/c1-12(21)19-6-7-23-17-10-20(5-4-14(17)9-19)18(22)13-2-3-15-16(8-13)25-11-24-15/h2-3,8,14,17H,4-7,9-11H2,1H3/t14-,17-/m0/s1. The fraction of sp³-hybridized carbons (Fsp3) is 0.556. The third kappa shape index (κ3) is 3.16. The van der Waals surface area contributed by atoms with E-state index in [9.17, 15) is 9.59 Å². The smallest absolute Gasteiger partial charge is 0.254 e. The molecule has 0 bridgehead atoms. The number of ether oxygens (including phenoxy) is 3. The van der Waals surface area contributed by atoms with Crippen molar-refractivity contribution >= 4 is 11.8 Å². The van der Waals surface area contributed by atoms with Crippen LogP contribution >= 0.6 is 0 Å².